The fourth-order valence-electron chi connectivity index (χ4n) is 3.52. The van der Waals surface area contributed by atoms with Crippen LogP contribution in [0, 0.1) is 29.1 Å². The first-order chi connectivity index (χ1) is 14.5. The van der Waals surface area contributed by atoms with Crippen molar-refractivity contribution in [3.8, 4) is 11.8 Å². The van der Waals surface area contributed by atoms with E-state index in [2.05, 4.69) is 18.8 Å². The van der Waals surface area contributed by atoms with Crippen LogP contribution in [0.4, 0.5) is 5.69 Å². The highest BCUT2D eigenvalue weighted by Crippen LogP contribution is 2.36. The Hall–Kier alpha value is -2.37. The van der Waals surface area contributed by atoms with Crippen LogP contribution in [0.1, 0.15) is 67.9 Å². The van der Waals surface area contributed by atoms with Crippen molar-refractivity contribution >= 4 is 34.9 Å². The molecule has 0 aromatic carbocycles. The molecule has 2 rings (SSSR count). The molecule has 7 nitrogen and oxygen atoms in total. The summed E-state index contributed by atoms with van der Waals surface area (Å²) in [6, 6.07) is 0.0400. The lowest BCUT2D eigenvalue weighted by Crippen LogP contribution is -2.50. The van der Waals surface area contributed by atoms with Crippen LogP contribution in [-0.2, 0) is 14.3 Å². The number of aliphatic hydroxyl groups is 1. The van der Waals surface area contributed by atoms with E-state index in [9.17, 15) is 24.6 Å². The van der Waals surface area contributed by atoms with Gasteiger partial charge in [-0.3, -0.25) is 9.69 Å². The highest BCUT2D eigenvalue weighted by Gasteiger charge is 2.38. The predicted octanol–water partition coefficient (Wildman–Crippen LogP) is 3.54. The van der Waals surface area contributed by atoms with Gasteiger partial charge in [0.25, 0.3) is 0 Å². The van der Waals surface area contributed by atoms with Crippen LogP contribution < -0.4 is 4.90 Å². The molecule has 0 unspecified atom stereocenters. The minimum Gasteiger partial charge on any atom is -0.480 e. The van der Waals surface area contributed by atoms with Gasteiger partial charge in [-0.2, -0.15) is 0 Å². The van der Waals surface area contributed by atoms with E-state index in [1.54, 1.807) is 6.07 Å². The van der Waals surface area contributed by atoms with Gasteiger partial charge < -0.3 is 14.9 Å². The van der Waals surface area contributed by atoms with Crippen molar-refractivity contribution in [1.29, 1.82) is 0 Å². The number of rotatable bonds is 6. The first-order valence-corrected chi connectivity index (χ1v) is 11.2. The lowest BCUT2D eigenvalue weighted by atomic mass is 9.82. The van der Waals surface area contributed by atoms with Crippen molar-refractivity contribution in [2.75, 3.05) is 18.6 Å². The van der Waals surface area contributed by atoms with Gasteiger partial charge in [-0.25, -0.2) is 9.59 Å². The van der Waals surface area contributed by atoms with E-state index in [0.29, 0.717) is 23.6 Å². The zero-order valence-electron chi connectivity index (χ0n) is 18.7. The van der Waals surface area contributed by atoms with E-state index in [-0.39, 0.29) is 21.9 Å². The predicted molar refractivity (Wildman–Crippen MR) is 119 cm³/mol. The van der Waals surface area contributed by atoms with Crippen molar-refractivity contribution in [3.63, 3.8) is 0 Å². The number of thiophene rings is 1. The largest absolute Gasteiger partial charge is 0.480 e. The third-order valence-corrected chi connectivity index (χ3v) is 6.30. The SMILES string of the molecule is COC(=O)c1sc(C#CC(C)(C)C)cc1N(C(=O)C1CCC(C)CC1)[C@@H](CO)C(=O)O. The van der Waals surface area contributed by atoms with E-state index in [0.717, 1.165) is 29.1 Å². The van der Waals surface area contributed by atoms with Crippen molar-refractivity contribution in [2.24, 2.45) is 17.3 Å². The quantitative estimate of drug-likeness (QED) is 0.509. The number of anilines is 1. The number of carbonyl (C=O) groups is 3. The van der Waals surface area contributed by atoms with E-state index >= 15 is 0 Å². The van der Waals surface area contributed by atoms with Gasteiger partial charge in [0.05, 0.1) is 24.3 Å². The smallest absolute Gasteiger partial charge is 0.350 e. The number of nitrogens with zero attached hydrogens (tertiary/aromatic N) is 1. The van der Waals surface area contributed by atoms with Crippen molar-refractivity contribution < 1.29 is 29.3 Å². The van der Waals surface area contributed by atoms with E-state index < -0.39 is 30.5 Å². The Kier molecular flexibility index (Phi) is 8.27. The highest BCUT2D eigenvalue weighted by molar-refractivity contribution is 7.15. The Morgan fingerprint density at radius 1 is 1.26 bits per heavy atom. The summed E-state index contributed by atoms with van der Waals surface area (Å²) >= 11 is 1.05. The molecular weight excluding hydrogens is 418 g/mol. The molecule has 0 saturated heterocycles. The first-order valence-electron chi connectivity index (χ1n) is 10.4. The number of hydrogen-bond donors (Lipinski definition) is 2. The zero-order chi connectivity index (χ0) is 23.3. The molecule has 1 fully saturated rings. The molecule has 1 saturated carbocycles. The summed E-state index contributed by atoms with van der Waals surface area (Å²) in [7, 11) is 1.22. The zero-order valence-corrected chi connectivity index (χ0v) is 19.5. The van der Waals surface area contributed by atoms with Crippen molar-refractivity contribution in [2.45, 2.75) is 59.4 Å². The van der Waals surface area contributed by atoms with Crippen LogP contribution >= 0.6 is 11.3 Å². The molecule has 0 bridgehead atoms. The van der Waals surface area contributed by atoms with Crippen LogP contribution in [0.15, 0.2) is 6.07 Å². The van der Waals surface area contributed by atoms with Gasteiger partial charge >= 0.3 is 11.9 Å². The van der Waals surface area contributed by atoms with Crippen LogP contribution in [0.25, 0.3) is 0 Å². The molecule has 2 N–H and O–H groups in total. The average molecular weight is 450 g/mol. The van der Waals surface area contributed by atoms with Crippen molar-refractivity contribution in [1.82, 2.24) is 0 Å². The summed E-state index contributed by atoms with van der Waals surface area (Å²) < 4.78 is 4.87. The molecule has 1 amide bonds. The summed E-state index contributed by atoms with van der Waals surface area (Å²) in [4.78, 5) is 39.5. The Bertz CT molecular complexity index is 880. The molecule has 1 atom stereocenters. The topological polar surface area (TPSA) is 104 Å². The third-order valence-electron chi connectivity index (χ3n) is 5.28. The Labute approximate surface area is 187 Å². The maximum Gasteiger partial charge on any atom is 0.350 e. The number of ether oxygens (including phenoxy) is 1. The lowest BCUT2D eigenvalue weighted by Gasteiger charge is -2.33. The summed E-state index contributed by atoms with van der Waals surface area (Å²) in [6.45, 7) is 7.19. The maximum atomic E-state index is 13.5. The molecule has 1 aromatic heterocycles. The van der Waals surface area contributed by atoms with Gasteiger partial charge in [0.15, 0.2) is 6.04 Å². The molecule has 31 heavy (non-hydrogen) atoms. The van der Waals surface area contributed by atoms with Crippen LogP contribution in [0.2, 0.25) is 0 Å². The normalized spacial score (nSPS) is 19.7. The van der Waals surface area contributed by atoms with Crippen LogP contribution in [0.5, 0.6) is 0 Å². The number of hydrogen-bond acceptors (Lipinski definition) is 6. The monoisotopic (exact) mass is 449 g/mol. The van der Waals surface area contributed by atoms with Gasteiger partial charge in [0.1, 0.15) is 4.88 Å². The number of amides is 1. The van der Waals surface area contributed by atoms with Gasteiger partial charge in [-0.1, -0.05) is 18.8 Å². The van der Waals surface area contributed by atoms with Gasteiger partial charge in [-0.05, 0) is 58.4 Å². The second kappa shape index (κ2) is 10.3. The highest BCUT2D eigenvalue weighted by atomic mass is 32.1. The summed E-state index contributed by atoms with van der Waals surface area (Å²) in [6.07, 6.45) is 3.03. The number of methoxy groups -OCH3 is 1. The Morgan fingerprint density at radius 3 is 2.35 bits per heavy atom. The fourth-order valence-corrected chi connectivity index (χ4v) is 4.45. The number of carboxylic acids is 1. The van der Waals surface area contributed by atoms with E-state index in [4.69, 9.17) is 4.74 Å². The average Bonchev–Trinajstić information content (AvgIpc) is 3.13. The molecule has 0 radical (unpaired) electrons. The summed E-state index contributed by atoms with van der Waals surface area (Å²) in [5, 5.41) is 19.5. The van der Waals surface area contributed by atoms with Crippen LogP contribution in [0.3, 0.4) is 0 Å². The molecule has 1 aliphatic carbocycles. The molecule has 0 spiro atoms. The van der Waals surface area contributed by atoms with Crippen molar-refractivity contribution in [3.05, 3.63) is 15.8 Å². The number of carboxylic acid groups (broad SMARTS) is 1. The molecular formula is C23H31NO6S. The third kappa shape index (κ3) is 6.31. The second-order valence-corrected chi connectivity index (χ2v) is 10.1. The number of esters is 1. The number of aliphatic hydroxyl groups excluding tert-OH is 1. The summed E-state index contributed by atoms with van der Waals surface area (Å²) in [5.41, 5.74) is -0.154. The minimum absolute atomic E-state index is 0.0953. The molecule has 1 heterocycles. The second-order valence-electron chi connectivity index (χ2n) is 9.02. The number of aliphatic carboxylic acids is 1. The molecule has 170 valence electrons. The van der Waals surface area contributed by atoms with Gasteiger partial charge in [0.2, 0.25) is 5.91 Å². The summed E-state index contributed by atoms with van der Waals surface area (Å²) in [5.74, 6) is 3.81. The molecule has 1 aromatic rings. The van der Waals surface area contributed by atoms with Gasteiger partial charge in [0, 0.05) is 11.3 Å². The number of carbonyl (C=O) groups excluding carboxylic acids is 2. The van der Waals surface area contributed by atoms with E-state index in [1.165, 1.54) is 7.11 Å². The van der Waals surface area contributed by atoms with Crippen LogP contribution in [-0.4, -0.2) is 47.8 Å². The minimum atomic E-state index is -1.51. The lowest BCUT2D eigenvalue weighted by molar-refractivity contribution is -0.141. The Balaban J connectivity index is 2.59. The van der Waals surface area contributed by atoms with Gasteiger partial charge in [-0.15, -0.1) is 11.3 Å². The Morgan fingerprint density at radius 2 is 1.87 bits per heavy atom. The standard InChI is InChI=1S/C23H31NO6S/c1-14-6-8-15(9-7-14)20(26)24(18(13-25)21(27)28)17-12-16(10-11-23(2,3)4)31-19(17)22(29)30-5/h12,14-15,18,25H,6-9,13H2,1-5H3,(H,27,28)/t14?,15?,18-/m0/s1. The maximum absolute atomic E-state index is 13.5. The first kappa shape index (κ1) is 24.9. The molecule has 1 aliphatic rings. The molecule has 0 aliphatic heterocycles. The molecule has 8 heteroatoms. The van der Waals surface area contributed by atoms with E-state index in [1.807, 2.05) is 20.8 Å². The fraction of sp³-hybridized carbons (Fsp3) is 0.609.